The number of aryl methyl sites for hydroxylation is 1. The van der Waals surface area contributed by atoms with Crippen LogP contribution in [0.15, 0.2) is 73.1 Å². The largest absolute Gasteiger partial charge is 0.489 e. The van der Waals surface area contributed by atoms with Gasteiger partial charge in [-0.2, -0.15) is 0 Å². The number of carbonyl (C=O) groups is 1. The zero-order valence-corrected chi connectivity index (χ0v) is 15.6. The molecule has 144 valence electrons. The molecule has 3 aromatic rings. The summed E-state index contributed by atoms with van der Waals surface area (Å²) < 4.78 is 18.6. The Morgan fingerprint density at radius 2 is 1.50 bits per heavy atom. The predicted molar refractivity (Wildman–Crippen MR) is 106 cm³/mol. The standard InChI is InChI=1S/C23H23FN2O2/c24-21-6-1-19(2-7-21)13-16-26-23(27)10-5-18-3-8-22(9-4-18)28-17-20-11-14-25-15-12-20/h1-4,6-9,11-12,14-15H,5,10,13,16-17H2,(H,26,27). The van der Waals surface area contributed by atoms with Crippen LogP contribution >= 0.6 is 0 Å². The number of nitrogens with one attached hydrogen (secondary N) is 1. The van der Waals surface area contributed by atoms with Gasteiger partial charge in [0.1, 0.15) is 18.2 Å². The van der Waals surface area contributed by atoms with Crippen LogP contribution < -0.4 is 10.1 Å². The smallest absolute Gasteiger partial charge is 0.220 e. The number of pyridine rings is 1. The summed E-state index contributed by atoms with van der Waals surface area (Å²) in [5.74, 6) is 0.561. The van der Waals surface area contributed by atoms with Crippen molar-refractivity contribution in [3.63, 3.8) is 0 Å². The lowest BCUT2D eigenvalue weighted by atomic mass is 10.1. The van der Waals surface area contributed by atoms with Gasteiger partial charge in [-0.05, 0) is 65.9 Å². The molecule has 0 aliphatic rings. The first kappa shape index (κ1) is 19.5. The Morgan fingerprint density at radius 3 is 2.21 bits per heavy atom. The molecule has 0 unspecified atom stereocenters. The fourth-order valence-corrected chi connectivity index (χ4v) is 2.74. The maximum atomic E-state index is 12.9. The van der Waals surface area contributed by atoms with Crippen molar-refractivity contribution in [3.05, 3.63) is 95.6 Å². The molecule has 28 heavy (non-hydrogen) atoms. The summed E-state index contributed by atoms with van der Waals surface area (Å²) in [6.07, 6.45) is 5.28. The summed E-state index contributed by atoms with van der Waals surface area (Å²) in [6, 6.07) is 18.0. The van der Waals surface area contributed by atoms with Crippen molar-refractivity contribution in [2.24, 2.45) is 0 Å². The van der Waals surface area contributed by atoms with E-state index >= 15 is 0 Å². The Kier molecular flexibility index (Phi) is 7.13. The van der Waals surface area contributed by atoms with Crippen LogP contribution in [0.5, 0.6) is 5.75 Å². The molecule has 5 heteroatoms. The van der Waals surface area contributed by atoms with E-state index in [1.54, 1.807) is 24.5 Å². The van der Waals surface area contributed by atoms with Gasteiger partial charge in [0.25, 0.3) is 0 Å². The molecular formula is C23H23FN2O2. The highest BCUT2D eigenvalue weighted by Gasteiger charge is 2.03. The van der Waals surface area contributed by atoms with Crippen LogP contribution in [-0.4, -0.2) is 17.4 Å². The topological polar surface area (TPSA) is 51.2 Å². The van der Waals surface area contributed by atoms with Crippen molar-refractivity contribution in [3.8, 4) is 5.75 Å². The molecule has 1 heterocycles. The number of hydrogen-bond acceptors (Lipinski definition) is 3. The number of ether oxygens (including phenoxy) is 1. The van der Waals surface area contributed by atoms with Gasteiger partial charge < -0.3 is 10.1 Å². The van der Waals surface area contributed by atoms with Crippen LogP contribution in [-0.2, 0) is 24.2 Å². The Balaban J connectivity index is 1.35. The third-order valence-electron chi connectivity index (χ3n) is 4.37. The molecule has 1 N–H and O–H groups in total. The number of amides is 1. The average molecular weight is 378 g/mol. The monoisotopic (exact) mass is 378 g/mol. The van der Waals surface area contributed by atoms with Gasteiger partial charge in [0, 0.05) is 25.4 Å². The molecule has 0 bridgehead atoms. The first-order valence-electron chi connectivity index (χ1n) is 9.31. The minimum atomic E-state index is -0.249. The maximum absolute atomic E-state index is 12.9. The van der Waals surface area contributed by atoms with E-state index in [1.807, 2.05) is 36.4 Å². The number of aromatic nitrogens is 1. The molecule has 0 saturated heterocycles. The molecular weight excluding hydrogens is 355 g/mol. The van der Waals surface area contributed by atoms with Crippen LogP contribution in [0.2, 0.25) is 0 Å². The van der Waals surface area contributed by atoms with Crippen LogP contribution in [0.25, 0.3) is 0 Å². The highest BCUT2D eigenvalue weighted by Crippen LogP contribution is 2.15. The van der Waals surface area contributed by atoms with E-state index < -0.39 is 0 Å². The summed E-state index contributed by atoms with van der Waals surface area (Å²) in [5.41, 5.74) is 3.16. The van der Waals surface area contributed by atoms with Crippen LogP contribution in [0.1, 0.15) is 23.1 Å². The Hall–Kier alpha value is -3.21. The summed E-state index contributed by atoms with van der Waals surface area (Å²) in [7, 11) is 0. The summed E-state index contributed by atoms with van der Waals surface area (Å²) >= 11 is 0. The van der Waals surface area contributed by atoms with Crippen LogP contribution in [0, 0.1) is 5.82 Å². The van der Waals surface area contributed by atoms with Crippen molar-refractivity contribution >= 4 is 5.91 Å². The number of hydrogen-bond donors (Lipinski definition) is 1. The lowest BCUT2D eigenvalue weighted by Crippen LogP contribution is -2.25. The van der Waals surface area contributed by atoms with Crippen molar-refractivity contribution in [2.75, 3.05) is 6.54 Å². The second-order valence-corrected chi connectivity index (χ2v) is 6.51. The highest BCUT2D eigenvalue weighted by molar-refractivity contribution is 5.76. The van der Waals surface area contributed by atoms with Crippen molar-refractivity contribution in [2.45, 2.75) is 25.9 Å². The number of benzene rings is 2. The van der Waals surface area contributed by atoms with Crippen molar-refractivity contribution in [1.29, 1.82) is 0 Å². The van der Waals surface area contributed by atoms with E-state index in [0.717, 1.165) is 22.4 Å². The van der Waals surface area contributed by atoms with Gasteiger partial charge in [-0.15, -0.1) is 0 Å². The van der Waals surface area contributed by atoms with Gasteiger partial charge >= 0.3 is 0 Å². The molecule has 0 aliphatic heterocycles. The lowest BCUT2D eigenvalue weighted by molar-refractivity contribution is -0.121. The van der Waals surface area contributed by atoms with E-state index in [1.165, 1.54) is 12.1 Å². The van der Waals surface area contributed by atoms with E-state index in [0.29, 0.717) is 32.4 Å². The van der Waals surface area contributed by atoms with E-state index in [9.17, 15) is 9.18 Å². The lowest BCUT2D eigenvalue weighted by Gasteiger charge is -2.08. The molecule has 0 atom stereocenters. The van der Waals surface area contributed by atoms with Crippen molar-refractivity contribution < 1.29 is 13.9 Å². The van der Waals surface area contributed by atoms with Gasteiger partial charge in [0.15, 0.2) is 0 Å². The number of rotatable bonds is 9. The quantitative estimate of drug-likeness (QED) is 0.610. The summed E-state index contributed by atoms with van der Waals surface area (Å²) in [5, 5.41) is 2.90. The second-order valence-electron chi connectivity index (χ2n) is 6.51. The first-order chi connectivity index (χ1) is 13.7. The average Bonchev–Trinajstić information content (AvgIpc) is 2.74. The Morgan fingerprint density at radius 1 is 0.857 bits per heavy atom. The highest BCUT2D eigenvalue weighted by atomic mass is 19.1. The number of halogens is 1. The van der Waals surface area contributed by atoms with Gasteiger partial charge in [0.2, 0.25) is 5.91 Å². The third-order valence-corrected chi connectivity index (χ3v) is 4.37. The van der Waals surface area contributed by atoms with Gasteiger partial charge in [-0.1, -0.05) is 24.3 Å². The SMILES string of the molecule is O=C(CCc1ccc(OCc2ccncc2)cc1)NCCc1ccc(F)cc1. The van der Waals surface area contributed by atoms with E-state index in [4.69, 9.17) is 4.74 Å². The van der Waals surface area contributed by atoms with Gasteiger partial charge in [-0.25, -0.2) is 4.39 Å². The normalized spacial score (nSPS) is 10.5. The molecule has 3 rings (SSSR count). The predicted octanol–water partition coefficient (Wildman–Crippen LogP) is 4.09. The Labute approximate surface area is 164 Å². The summed E-state index contributed by atoms with van der Waals surface area (Å²) in [4.78, 5) is 16.0. The molecule has 0 radical (unpaired) electrons. The first-order valence-corrected chi connectivity index (χ1v) is 9.31. The molecule has 0 fully saturated rings. The van der Waals surface area contributed by atoms with Crippen LogP contribution in [0.4, 0.5) is 4.39 Å². The fourth-order valence-electron chi connectivity index (χ4n) is 2.74. The van der Waals surface area contributed by atoms with Crippen LogP contribution in [0.3, 0.4) is 0 Å². The molecule has 0 aliphatic carbocycles. The molecule has 2 aromatic carbocycles. The maximum Gasteiger partial charge on any atom is 0.220 e. The molecule has 4 nitrogen and oxygen atoms in total. The van der Waals surface area contributed by atoms with E-state index in [-0.39, 0.29) is 11.7 Å². The summed E-state index contributed by atoms with van der Waals surface area (Å²) in [6.45, 7) is 1.05. The third kappa shape index (κ3) is 6.50. The number of nitrogens with zero attached hydrogens (tertiary/aromatic N) is 1. The van der Waals surface area contributed by atoms with Gasteiger partial charge in [0.05, 0.1) is 0 Å². The minimum Gasteiger partial charge on any atom is -0.489 e. The number of carbonyl (C=O) groups excluding carboxylic acids is 1. The Bertz CT molecular complexity index is 865. The fraction of sp³-hybridized carbons (Fsp3) is 0.217. The zero-order valence-electron chi connectivity index (χ0n) is 15.6. The molecule has 0 spiro atoms. The second kappa shape index (κ2) is 10.2. The van der Waals surface area contributed by atoms with E-state index in [2.05, 4.69) is 10.3 Å². The molecule has 1 aromatic heterocycles. The van der Waals surface area contributed by atoms with Gasteiger partial charge in [-0.3, -0.25) is 9.78 Å². The molecule has 1 amide bonds. The molecule has 0 saturated carbocycles. The minimum absolute atomic E-state index is 0.0140. The van der Waals surface area contributed by atoms with Crippen molar-refractivity contribution in [1.82, 2.24) is 10.3 Å². The zero-order chi connectivity index (χ0) is 19.6.